The van der Waals surface area contributed by atoms with E-state index in [1.807, 2.05) is 0 Å². The lowest BCUT2D eigenvalue weighted by Gasteiger charge is -2.18. The highest BCUT2D eigenvalue weighted by Crippen LogP contribution is 2.24. The maximum Gasteiger partial charge on any atom is 0.258 e. The fourth-order valence-electron chi connectivity index (χ4n) is 2.54. The summed E-state index contributed by atoms with van der Waals surface area (Å²) in [5, 5.41) is 0.116. The smallest absolute Gasteiger partial charge is 0.258 e. The summed E-state index contributed by atoms with van der Waals surface area (Å²) in [6.45, 7) is 2.63. The molecule has 2 aromatic rings. The van der Waals surface area contributed by atoms with Crippen molar-refractivity contribution < 1.29 is 13.9 Å². The van der Waals surface area contributed by atoms with E-state index >= 15 is 0 Å². The first-order valence-corrected chi connectivity index (χ1v) is 7.62. The number of aryl methyl sites for hydroxylation is 1. The van der Waals surface area contributed by atoms with Gasteiger partial charge in [-0.3, -0.25) is 4.79 Å². The molecule has 0 aliphatic carbocycles. The third kappa shape index (κ3) is 3.42. The van der Waals surface area contributed by atoms with Crippen LogP contribution in [0.1, 0.15) is 22.6 Å². The van der Waals surface area contributed by atoms with Crippen molar-refractivity contribution in [1.29, 1.82) is 0 Å². The van der Waals surface area contributed by atoms with Gasteiger partial charge in [0.05, 0.1) is 17.1 Å². The van der Waals surface area contributed by atoms with Crippen molar-refractivity contribution in [3.63, 3.8) is 0 Å². The van der Waals surface area contributed by atoms with Crippen molar-refractivity contribution >= 4 is 17.5 Å². The van der Waals surface area contributed by atoms with E-state index in [4.69, 9.17) is 16.3 Å². The molecule has 0 spiro atoms. The molecule has 1 aliphatic rings. The van der Waals surface area contributed by atoms with Gasteiger partial charge in [0.1, 0.15) is 17.7 Å². The van der Waals surface area contributed by atoms with E-state index in [9.17, 15) is 9.18 Å². The van der Waals surface area contributed by atoms with Crippen LogP contribution in [0.4, 0.5) is 4.39 Å². The van der Waals surface area contributed by atoms with Crippen molar-refractivity contribution in [2.75, 3.05) is 13.1 Å². The fraction of sp³-hybridized carbons (Fsp3) is 0.312. The predicted octanol–water partition coefficient (Wildman–Crippen LogP) is 2.87. The van der Waals surface area contributed by atoms with E-state index in [1.165, 1.54) is 18.2 Å². The molecular weight excluding hydrogens is 321 g/mol. The molecular formula is C16H15ClFN3O2. The number of carbonyl (C=O) groups excluding carboxylic acids is 1. The predicted molar refractivity (Wildman–Crippen MR) is 83.1 cm³/mol. The number of nitrogens with zero attached hydrogens (tertiary/aromatic N) is 3. The minimum atomic E-state index is -0.613. The van der Waals surface area contributed by atoms with Crippen LogP contribution in [-0.2, 0) is 0 Å². The van der Waals surface area contributed by atoms with Crippen LogP contribution in [0.25, 0.3) is 0 Å². The molecule has 1 amide bonds. The van der Waals surface area contributed by atoms with Crippen LogP contribution in [0.3, 0.4) is 0 Å². The maximum atomic E-state index is 13.9. The SMILES string of the molecule is Cc1nccc(O[C@@H]2CCN(C(=O)c3c(F)cccc3Cl)C2)n1. The number of halogens is 2. The Morgan fingerprint density at radius 2 is 2.26 bits per heavy atom. The van der Waals surface area contributed by atoms with Gasteiger partial charge in [-0.25, -0.2) is 9.37 Å². The zero-order valence-corrected chi connectivity index (χ0v) is 13.3. The first kappa shape index (κ1) is 15.7. The molecule has 1 atom stereocenters. The number of hydrogen-bond donors (Lipinski definition) is 0. The standard InChI is InChI=1S/C16H15ClFN3O2/c1-10-19-7-5-14(20-10)23-11-6-8-21(9-11)16(22)15-12(17)3-2-4-13(15)18/h2-5,7,11H,6,8-9H2,1H3/t11-/m1/s1. The lowest BCUT2D eigenvalue weighted by Crippen LogP contribution is -2.31. The lowest BCUT2D eigenvalue weighted by atomic mass is 10.2. The van der Waals surface area contributed by atoms with E-state index in [0.717, 1.165) is 0 Å². The summed E-state index contributed by atoms with van der Waals surface area (Å²) in [5.41, 5.74) is -0.0901. The van der Waals surface area contributed by atoms with Crippen LogP contribution in [-0.4, -0.2) is 40.0 Å². The van der Waals surface area contributed by atoms with Gasteiger partial charge in [-0.2, -0.15) is 4.98 Å². The Balaban J connectivity index is 1.69. The molecule has 0 bridgehead atoms. The molecule has 3 rings (SSSR count). The lowest BCUT2D eigenvalue weighted by molar-refractivity contribution is 0.0766. The van der Waals surface area contributed by atoms with Crippen molar-refractivity contribution in [2.24, 2.45) is 0 Å². The Bertz CT molecular complexity index is 721. The topological polar surface area (TPSA) is 55.3 Å². The number of likely N-dealkylation sites (tertiary alicyclic amines) is 1. The number of ether oxygens (including phenoxy) is 1. The van der Waals surface area contributed by atoms with Gasteiger partial charge in [0.15, 0.2) is 0 Å². The highest BCUT2D eigenvalue weighted by atomic mass is 35.5. The van der Waals surface area contributed by atoms with Gasteiger partial charge in [-0.15, -0.1) is 0 Å². The van der Waals surface area contributed by atoms with Crippen LogP contribution in [0.2, 0.25) is 5.02 Å². The number of aromatic nitrogens is 2. The summed E-state index contributed by atoms with van der Waals surface area (Å²) in [4.78, 5) is 22.2. The molecule has 0 unspecified atom stereocenters. The second kappa shape index (κ2) is 6.50. The molecule has 7 heteroatoms. The number of carbonyl (C=O) groups is 1. The quantitative estimate of drug-likeness (QED) is 0.865. The molecule has 1 fully saturated rings. The Morgan fingerprint density at radius 1 is 1.43 bits per heavy atom. The minimum absolute atomic E-state index is 0.0901. The molecule has 1 saturated heterocycles. The van der Waals surface area contributed by atoms with Crippen LogP contribution < -0.4 is 4.74 Å². The zero-order valence-electron chi connectivity index (χ0n) is 12.5. The first-order chi connectivity index (χ1) is 11.0. The van der Waals surface area contributed by atoms with Gasteiger partial charge in [0, 0.05) is 25.2 Å². The normalized spacial score (nSPS) is 17.3. The number of benzene rings is 1. The minimum Gasteiger partial charge on any atom is -0.472 e. The molecule has 1 aliphatic heterocycles. The van der Waals surface area contributed by atoms with Crippen molar-refractivity contribution in [1.82, 2.24) is 14.9 Å². The van der Waals surface area contributed by atoms with Gasteiger partial charge in [-0.05, 0) is 19.1 Å². The van der Waals surface area contributed by atoms with E-state index in [2.05, 4.69) is 9.97 Å². The second-order valence-corrected chi connectivity index (χ2v) is 5.73. The summed E-state index contributed by atoms with van der Waals surface area (Å²) in [5.74, 6) is 0.0589. The second-order valence-electron chi connectivity index (χ2n) is 5.32. The van der Waals surface area contributed by atoms with E-state index in [1.54, 1.807) is 24.1 Å². The van der Waals surface area contributed by atoms with Crippen LogP contribution in [0.5, 0.6) is 5.88 Å². The highest BCUT2D eigenvalue weighted by Gasteiger charge is 2.30. The van der Waals surface area contributed by atoms with Gasteiger partial charge >= 0.3 is 0 Å². The number of amides is 1. The first-order valence-electron chi connectivity index (χ1n) is 7.24. The zero-order chi connectivity index (χ0) is 16.4. The Labute approximate surface area is 138 Å². The largest absolute Gasteiger partial charge is 0.472 e. The average molecular weight is 336 g/mol. The third-order valence-electron chi connectivity index (χ3n) is 3.65. The van der Waals surface area contributed by atoms with Crippen molar-refractivity contribution in [3.8, 4) is 5.88 Å². The van der Waals surface area contributed by atoms with Gasteiger partial charge < -0.3 is 9.64 Å². The summed E-state index contributed by atoms with van der Waals surface area (Å²) in [6, 6.07) is 5.88. The van der Waals surface area contributed by atoms with Gasteiger partial charge in [0.2, 0.25) is 5.88 Å². The van der Waals surface area contributed by atoms with E-state index in [0.29, 0.717) is 31.2 Å². The third-order valence-corrected chi connectivity index (χ3v) is 3.96. The molecule has 5 nitrogen and oxygen atoms in total. The molecule has 2 heterocycles. The van der Waals surface area contributed by atoms with E-state index in [-0.39, 0.29) is 16.7 Å². The number of rotatable bonds is 3. The summed E-state index contributed by atoms with van der Waals surface area (Å²) in [6.07, 6.45) is 2.09. The summed E-state index contributed by atoms with van der Waals surface area (Å²) < 4.78 is 19.6. The van der Waals surface area contributed by atoms with Crippen LogP contribution >= 0.6 is 11.6 Å². The van der Waals surface area contributed by atoms with Crippen molar-refractivity contribution in [2.45, 2.75) is 19.4 Å². The molecule has 1 aromatic carbocycles. The molecule has 0 N–H and O–H groups in total. The fourth-order valence-corrected chi connectivity index (χ4v) is 2.78. The monoisotopic (exact) mass is 335 g/mol. The Morgan fingerprint density at radius 3 is 3.00 bits per heavy atom. The molecule has 1 aromatic heterocycles. The Hall–Kier alpha value is -2.21. The summed E-state index contributed by atoms with van der Waals surface area (Å²) >= 11 is 5.95. The average Bonchev–Trinajstić information content (AvgIpc) is 2.95. The number of hydrogen-bond acceptors (Lipinski definition) is 4. The van der Waals surface area contributed by atoms with Gasteiger partial charge in [0.25, 0.3) is 5.91 Å². The van der Waals surface area contributed by atoms with Crippen LogP contribution in [0, 0.1) is 12.7 Å². The Kier molecular flexibility index (Phi) is 4.43. The molecule has 0 saturated carbocycles. The van der Waals surface area contributed by atoms with E-state index < -0.39 is 11.7 Å². The summed E-state index contributed by atoms with van der Waals surface area (Å²) in [7, 11) is 0. The molecule has 0 radical (unpaired) electrons. The maximum absolute atomic E-state index is 13.9. The molecule has 23 heavy (non-hydrogen) atoms. The van der Waals surface area contributed by atoms with Gasteiger partial charge in [-0.1, -0.05) is 17.7 Å². The van der Waals surface area contributed by atoms with Crippen molar-refractivity contribution in [3.05, 3.63) is 52.7 Å². The molecule has 120 valence electrons. The van der Waals surface area contributed by atoms with Crippen LogP contribution in [0.15, 0.2) is 30.5 Å². The highest BCUT2D eigenvalue weighted by molar-refractivity contribution is 6.33.